The van der Waals surface area contributed by atoms with E-state index in [1.54, 1.807) is 5.38 Å². The first-order chi connectivity index (χ1) is 20.0. The number of nitrogens with zero attached hydrogens (tertiary/aromatic N) is 3. The number of unbranched alkanes of at least 4 members (excludes halogenated alkanes) is 1. The van der Waals surface area contributed by atoms with Crippen molar-refractivity contribution >= 4 is 35.0 Å². The number of carbonyl (C=O) groups is 4. The molecular weight excluding hydrogens is 554 g/mol. The molecule has 1 aliphatic rings. The Hall–Kier alpha value is -3.15. The highest BCUT2D eigenvalue weighted by Crippen LogP contribution is 2.30. The van der Waals surface area contributed by atoms with Gasteiger partial charge >= 0.3 is 0 Å². The highest BCUT2D eigenvalue weighted by Gasteiger charge is 2.41. The largest absolute Gasteiger partial charge is 0.386 e. The minimum atomic E-state index is -1.01. The van der Waals surface area contributed by atoms with Crippen LogP contribution in [0.1, 0.15) is 80.5 Å². The lowest BCUT2D eigenvalue weighted by atomic mass is 9.98. The van der Waals surface area contributed by atoms with Gasteiger partial charge in [-0.2, -0.15) is 0 Å². The van der Waals surface area contributed by atoms with Crippen molar-refractivity contribution in [2.45, 2.75) is 78.0 Å². The first kappa shape index (κ1) is 33.4. The number of likely N-dealkylation sites (tertiary alicyclic amines) is 1. The number of likely N-dealkylation sites (N-methyl/N-ethyl adjacent to an activating group) is 1. The predicted octanol–water partition coefficient (Wildman–Crippen LogP) is 3.18. The van der Waals surface area contributed by atoms with Crippen LogP contribution in [0.5, 0.6) is 0 Å². The summed E-state index contributed by atoms with van der Waals surface area (Å²) in [6.45, 7) is 8.68. The minimum absolute atomic E-state index is 0.00278. The van der Waals surface area contributed by atoms with Crippen LogP contribution in [0.4, 0.5) is 0 Å². The molecule has 230 valence electrons. The second-order valence-electron chi connectivity index (χ2n) is 11.6. The fourth-order valence-corrected chi connectivity index (χ4v) is 5.89. The minimum Gasteiger partial charge on any atom is -0.386 e. The van der Waals surface area contributed by atoms with Crippen LogP contribution in [0.25, 0.3) is 0 Å². The quantitative estimate of drug-likeness (QED) is 0.268. The molecule has 4 atom stereocenters. The van der Waals surface area contributed by atoms with Gasteiger partial charge < -0.3 is 15.7 Å². The molecule has 10 nitrogen and oxygen atoms in total. The zero-order chi connectivity index (χ0) is 30.8. The number of amides is 4. The van der Waals surface area contributed by atoms with E-state index in [1.165, 1.54) is 4.90 Å². The highest BCUT2D eigenvalue weighted by atomic mass is 32.1. The van der Waals surface area contributed by atoms with E-state index in [1.807, 2.05) is 63.1 Å². The third-order valence-corrected chi connectivity index (χ3v) is 8.54. The van der Waals surface area contributed by atoms with Gasteiger partial charge in [-0.25, -0.2) is 4.98 Å². The van der Waals surface area contributed by atoms with Gasteiger partial charge in [-0.15, -0.1) is 11.3 Å². The molecule has 42 heavy (non-hydrogen) atoms. The smallest absolute Gasteiger partial charge is 0.280 e. The number of thiazole rings is 1. The molecule has 3 rings (SSSR count). The molecule has 2 aromatic rings. The van der Waals surface area contributed by atoms with Crippen LogP contribution in [-0.2, 0) is 20.8 Å². The first-order valence-corrected chi connectivity index (χ1v) is 15.7. The number of rotatable bonds is 15. The Labute approximate surface area is 252 Å². The van der Waals surface area contributed by atoms with Gasteiger partial charge in [-0.05, 0) is 44.3 Å². The Bertz CT molecular complexity index is 1200. The normalized spacial score (nSPS) is 18.4. The van der Waals surface area contributed by atoms with Gasteiger partial charge in [0.15, 0.2) is 0 Å². The molecule has 3 N–H and O–H groups in total. The van der Waals surface area contributed by atoms with Crippen molar-refractivity contribution in [3.63, 3.8) is 0 Å². The van der Waals surface area contributed by atoms with E-state index in [0.29, 0.717) is 17.8 Å². The Balaban J connectivity index is 1.57. The Morgan fingerprint density at radius 1 is 1.19 bits per heavy atom. The molecule has 0 bridgehead atoms. The molecule has 1 saturated heterocycles. The standard InChI is InChI=1S/C31H45N5O5S/c1-6-7-13-35(5)18-28(39)32-17-27(38)33-24(20(2)3)16-26(37)29-34-25(19-42-29)31(41)36-23(14-21(4)30(36)40)15-22-11-9-8-10-12-22/h8-12,19-21,23-24,26,37H,6-7,13-18H2,1-5H3,(H,32,39)(H,33,38)/t21-,23?,24?,26?/m0/s1. The SMILES string of the molecule is CCCCN(C)CC(=O)NCC(=O)NC(CC(O)c1nc(C(=O)N2C(=O)[C@@H](C)CC2Cc2ccccc2)cs1)C(C)C. The van der Waals surface area contributed by atoms with Crippen molar-refractivity contribution in [3.05, 3.63) is 52.0 Å². The number of imide groups is 1. The van der Waals surface area contributed by atoms with Gasteiger partial charge in [0.1, 0.15) is 16.8 Å². The molecule has 1 aromatic heterocycles. The van der Waals surface area contributed by atoms with Crippen molar-refractivity contribution in [2.75, 3.05) is 26.7 Å². The van der Waals surface area contributed by atoms with Crippen molar-refractivity contribution in [1.82, 2.24) is 25.4 Å². The van der Waals surface area contributed by atoms with Crippen LogP contribution in [0.2, 0.25) is 0 Å². The number of aliphatic hydroxyl groups excluding tert-OH is 1. The molecule has 2 heterocycles. The number of hydrogen-bond donors (Lipinski definition) is 3. The summed E-state index contributed by atoms with van der Waals surface area (Å²) >= 11 is 1.16. The number of carbonyl (C=O) groups excluding carboxylic acids is 4. The van der Waals surface area contributed by atoms with E-state index < -0.39 is 12.0 Å². The van der Waals surface area contributed by atoms with Crippen molar-refractivity contribution in [1.29, 1.82) is 0 Å². The molecule has 4 amide bonds. The van der Waals surface area contributed by atoms with Crippen LogP contribution in [0.3, 0.4) is 0 Å². The van der Waals surface area contributed by atoms with E-state index in [9.17, 15) is 24.3 Å². The molecular formula is C31H45N5O5S. The molecule has 0 saturated carbocycles. The van der Waals surface area contributed by atoms with Gasteiger partial charge in [0.2, 0.25) is 17.7 Å². The molecule has 0 aliphatic carbocycles. The number of aliphatic hydroxyl groups is 1. The summed E-state index contributed by atoms with van der Waals surface area (Å²) in [6.07, 6.45) is 2.39. The van der Waals surface area contributed by atoms with Gasteiger partial charge in [0.05, 0.1) is 13.1 Å². The summed E-state index contributed by atoms with van der Waals surface area (Å²) in [6, 6.07) is 9.14. The van der Waals surface area contributed by atoms with Crippen molar-refractivity contribution in [2.24, 2.45) is 11.8 Å². The maximum absolute atomic E-state index is 13.4. The average molecular weight is 600 g/mol. The molecule has 11 heteroatoms. The predicted molar refractivity (Wildman–Crippen MR) is 163 cm³/mol. The number of benzene rings is 1. The summed E-state index contributed by atoms with van der Waals surface area (Å²) < 4.78 is 0. The summed E-state index contributed by atoms with van der Waals surface area (Å²) in [5, 5.41) is 18.5. The Kier molecular flexibility index (Phi) is 12.6. The van der Waals surface area contributed by atoms with Crippen LogP contribution in [-0.4, -0.2) is 82.3 Å². The molecule has 0 spiro atoms. The number of nitrogens with one attached hydrogen (secondary N) is 2. The molecule has 1 aliphatic heterocycles. The van der Waals surface area contributed by atoms with Crippen LogP contribution in [0, 0.1) is 11.8 Å². The zero-order valence-corrected chi connectivity index (χ0v) is 26.2. The summed E-state index contributed by atoms with van der Waals surface area (Å²) in [5.74, 6) is -1.48. The maximum Gasteiger partial charge on any atom is 0.280 e. The Morgan fingerprint density at radius 2 is 1.90 bits per heavy atom. The van der Waals surface area contributed by atoms with Crippen molar-refractivity contribution < 1.29 is 24.3 Å². The fraction of sp³-hybridized carbons (Fsp3) is 0.581. The first-order valence-electron chi connectivity index (χ1n) is 14.8. The van der Waals surface area contributed by atoms with Crippen LogP contribution >= 0.6 is 11.3 Å². The molecule has 3 unspecified atom stereocenters. The molecule has 0 radical (unpaired) electrons. The highest BCUT2D eigenvalue weighted by molar-refractivity contribution is 7.09. The summed E-state index contributed by atoms with van der Waals surface area (Å²) in [7, 11) is 1.87. The van der Waals surface area contributed by atoms with Gasteiger partial charge in [0, 0.05) is 29.8 Å². The lowest BCUT2D eigenvalue weighted by Crippen LogP contribution is -2.46. The number of aromatic nitrogens is 1. The Morgan fingerprint density at radius 3 is 2.57 bits per heavy atom. The van der Waals surface area contributed by atoms with E-state index in [0.717, 1.165) is 36.3 Å². The topological polar surface area (TPSA) is 132 Å². The molecule has 1 aromatic carbocycles. The summed E-state index contributed by atoms with van der Waals surface area (Å²) in [4.78, 5) is 58.8. The van der Waals surface area contributed by atoms with Crippen LogP contribution in [0.15, 0.2) is 35.7 Å². The third kappa shape index (κ3) is 9.43. The maximum atomic E-state index is 13.4. The van der Waals surface area contributed by atoms with Crippen LogP contribution < -0.4 is 10.6 Å². The van der Waals surface area contributed by atoms with Gasteiger partial charge in [0.25, 0.3) is 5.91 Å². The van der Waals surface area contributed by atoms with E-state index >= 15 is 0 Å². The van der Waals surface area contributed by atoms with E-state index in [-0.39, 0.29) is 66.8 Å². The lowest BCUT2D eigenvalue weighted by Gasteiger charge is -2.24. The zero-order valence-electron chi connectivity index (χ0n) is 25.3. The van der Waals surface area contributed by atoms with Gasteiger partial charge in [-0.1, -0.05) is 64.4 Å². The summed E-state index contributed by atoms with van der Waals surface area (Å²) in [5.41, 5.74) is 1.18. The van der Waals surface area contributed by atoms with Crippen molar-refractivity contribution in [3.8, 4) is 0 Å². The second kappa shape index (κ2) is 15.9. The van der Waals surface area contributed by atoms with Gasteiger partial charge in [-0.3, -0.25) is 29.0 Å². The molecule has 1 fully saturated rings. The number of hydrogen-bond acceptors (Lipinski definition) is 8. The van der Waals surface area contributed by atoms with E-state index in [4.69, 9.17) is 0 Å². The lowest BCUT2D eigenvalue weighted by molar-refractivity contribution is -0.129. The fourth-order valence-electron chi connectivity index (χ4n) is 5.10. The second-order valence-corrected chi connectivity index (χ2v) is 12.5. The monoisotopic (exact) mass is 599 g/mol. The average Bonchev–Trinajstić information content (AvgIpc) is 3.55. The third-order valence-electron chi connectivity index (χ3n) is 7.59. The van der Waals surface area contributed by atoms with E-state index in [2.05, 4.69) is 22.5 Å².